The van der Waals surface area contributed by atoms with Crippen molar-refractivity contribution in [2.24, 2.45) is 0 Å². The van der Waals surface area contributed by atoms with E-state index in [4.69, 9.17) is 9.72 Å². The van der Waals surface area contributed by atoms with Crippen molar-refractivity contribution in [1.82, 2.24) is 19.6 Å². The van der Waals surface area contributed by atoms with Gasteiger partial charge in [-0.3, -0.25) is 19.8 Å². The molecular formula is C23H26N6O4S. The lowest BCUT2D eigenvalue weighted by molar-refractivity contribution is -0.384. The van der Waals surface area contributed by atoms with Crippen molar-refractivity contribution in [2.45, 2.75) is 6.42 Å². The molecule has 10 nitrogen and oxygen atoms in total. The number of piperazine rings is 1. The zero-order valence-electron chi connectivity index (χ0n) is 18.8. The Morgan fingerprint density at radius 2 is 1.94 bits per heavy atom. The van der Waals surface area contributed by atoms with E-state index in [9.17, 15) is 14.9 Å². The number of carbonyl (C=O) groups is 1. The highest BCUT2D eigenvalue weighted by Gasteiger charge is 2.20. The minimum absolute atomic E-state index is 0.0303. The molecule has 2 aromatic carbocycles. The average molecular weight is 483 g/mol. The molecule has 4 rings (SSSR count). The molecule has 0 bridgehead atoms. The maximum absolute atomic E-state index is 12.2. The van der Waals surface area contributed by atoms with Crippen LogP contribution in [0.2, 0.25) is 0 Å². The molecule has 0 radical (unpaired) electrons. The normalized spacial score (nSPS) is 14.1. The fourth-order valence-corrected chi connectivity index (χ4v) is 4.47. The van der Waals surface area contributed by atoms with Crippen LogP contribution in [0.3, 0.4) is 0 Å². The summed E-state index contributed by atoms with van der Waals surface area (Å²) in [6.45, 7) is 4.70. The van der Waals surface area contributed by atoms with E-state index in [1.807, 2.05) is 24.3 Å². The number of ether oxygens (including phenoxy) is 1. The fourth-order valence-electron chi connectivity index (χ4n) is 3.74. The highest BCUT2D eigenvalue weighted by molar-refractivity contribution is 7.09. The minimum atomic E-state index is -0.482. The Morgan fingerprint density at radius 3 is 2.65 bits per heavy atom. The van der Waals surface area contributed by atoms with Crippen molar-refractivity contribution in [3.63, 3.8) is 0 Å². The molecule has 1 N–H and O–H groups in total. The van der Waals surface area contributed by atoms with Crippen LogP contribution in [0.1, 0.15) is 21.7 Å². The summed E-state index contributed by atoms with van der Waals surface area (Å²) in [7, 11) is 1.66. The number of benzene rings is 2. The molecule has 3 aromatic rings. The fraction of sp³-hybridized carbons (Fsp3) is 0.348. The molecule has 11 heteroatoms. The molecule has 1 fully saturated rings. The predicted molar refractivity (Wildman–Crippen MR) is 130 cm³/mol. The smallest absolute Gasteiger partial charge is 0.269 e. The number of nitro benzene ring substituents is 1. The second-order valence-electron chi connectivity index (χ2n) is 7.91. The van der Waals surface area contributed by atoms with Gasteiger partial charge in [0.15, 0.2) is 0 Å². The molecule has 1 aliphatic rings. The van der Waals surface area contributed by atoms with Crippen molar-refractivity contribution in [1.29, 1.82) is 0 Å². The first-order chi connectivity index (χ1) is 16.5. The number of nitrogens with zero attached hydrogens (tertiary/aromatic N) is 5. The van der Waals surface area contributed by atoms with Gasteiger partial charge in [0.2, 0.25) is 5.13 Å². The third kappa shape index (κ3) is 6.06. The van der Waals surface area contributed by atoms with Gasteiger partial charge < -0.3 is 15.0 Å². The Balaban J connectivity index is 1.20. The summed E-state index contributed by atoms with van der Waals surface area (Å²) in [4.78, 5) is 31.8. The van der Waals surface area contributed by atoms with E-state index in [1.165, 1.54) is 35.8 Å². The van der Waals surface area contributed by atoms with Crippen molar-refractivity contribution in [3.8, 4) is 5.75 Å². The molecule has 0 atom stereocenters. The third-order valence-corrected chi connectivity index (χ3v) is 6.47. The average Bonchev–Trinajstić information content (AvgIpc) is 3.33. The second kappa shape index (κ2) is 11.0. The van der Waals surface area contributed by atoms with Crippen molar-refractivity contribution < 1.29 is 14.5 Å². The van der Waals surface area contributed by atoms with Gasteiger partial charge in [0.25, 0.3) is 11.6 Å². The van der Waals surface area contributed by atoms with Crippen molar-refractivity contribution >= 4 is 28.3 Å². The summed E-state index contributed by atoms with van der Waals surface area (Å²) in [6, 6.07) is 13.5. The first-order valence-corrected chi connectivity index (χ1v) is 11.7. The standard InChI is InChI=1S/C23H26N6O4S/c1-33-20-4-2-3-17(15-20)16-21-25-23(34-26-21)28-13-11-27(12-14-28)10-9-24-22(30)18-5-7-19(8-6-18)29(31)32/h2-8,15H,9-14,16H2,1H3,(H,24,30). The topological polar surface area (TPSA) is 114 Å². The Labute approximate surface area is 201 Å². The van der Waals surface area contributed by atoms with E-state index in [2.05, 4.69) is 19.5 Å². The van der Waals surface area contributed by atoms with Crippen LogP contribution in [0.5, 0.6) is 5.75 Å². The van der Waals surface area contributed by atoms with Crippen LogP contribution in [0, 0.1) is 10.1 Å². The van der Waals surface area contributed by atoms with E-state index in [1.54, 1.807) is 7.11 Å². The molecule has 178 valence electrons. The molecule has 1 aliphatic heterocycles. The minimum Gasteiger partial charge on any atom is -0.497 e. The lowest BCUT2D eigenvalue weighted by Crippen LogP contribution is -2.48. The number of nitro groups is 1. The van der Waals surface area contributed by atoms with Crippen LogP contribution < -0.4 is 15.0 Å². The molecule has 1 aromatic heterocycles. The number of hydrogen-bond donors (Lipinski definition) is 1. The molecule has 0 spiro atoms. The SMILES string of the molecule is COc1cccc(Cc2nsc(N3CCN(CCNC(=O)c4ccc([N+](=O)[O-])cc4)CC3)n2)c1. The number of anilines is 1. The van der Waals surface area contributed by atoms with E-state index in [-0.39, 0.29) is 11.6 Å². The number of aromatic nitrogens is 2. The van der Waals surface area contributed by atoms with E-state index in [0.29, 0.717) is 18.5 Å². The maximum Gasteiger partial charge on any atom is 0.269 e. The highest BCUT2D eigenvalue weighted by atomic mass is 32.1. The van der Waals surface area contributed by atoms with Gasteiger partial charge in [0.05, 0.1) is 12.0 Å². The molecule has 0 aliphatic carbocycles. The number of carbonyl (C=O) groups excluding carboxylic acids is 1. The number of rotatable bonds is 9. The zero-order chi connectivity index (χ0) is 23.9. The molecule has 2 heterocycles. The van der Waals surface area contributed by atoms with Gasteiger partial charge in [-0.2, -0.15) is 4.37 Å². The van der Waals surface area contributed by atoms with Gasteiger partial charge in [-0.15, -0.1) is 0 Å². The number of non-ortho nitro benzene ring substituents is 1. The van der Waals surface area contributed by atoms with E-state index >= 15 is 0 Å². The first-order valence-electron chi connectivity index (χ1n) is 11.0. The van der Waals surface area contributed by atoms with Gasteiger partial charge >= 0.3 is 0 Å². The van der Waals surface area contributed by atoms with Crippen LogP contribution >= 0.6 is 11.5 Å². The lowest BCUT2D eigenvalue weighted by Gasteiger charge is -2.34. The van der Waals surface area contributed by atoms with Crippen LogP contribution in [-0.4, -0.2) is 71.5 Å². The molecular weight excluding hydrogens is 456 g/mol. The monoisotopic (exact) mass is 482 g/mol. The second-order valence-corrected chi connectivity index (χ2v) is 8.64. The van der Waals surface area contributed by atoms with E-state index < -0.39 is 4.92 Å². The number of amides is 1. The summed E-state index contributed by atoms with van der Waals surface area (Å²) in [5.41, 5.74) is 1.50. The summed E-state index contributed by atoms with van der Waals surface area (Å²) >= 11 is 1.42. The summed E-state index contributed by atoms with van der Waals surface area (Å²) in [5.74, 6) is 1.41. The van der Waals surface area contributed by atoms with Crippen molar-refractivity contribution in [3.05, 3.63) is 75.6 Å². The van der Waals surface area contributed by atoms with Crippen LogP contribution in [0.4, 0.5) is 10.8 Å². The third-order valence-electron chi connectivity index (χ3n) is 5.65. The van der Waals surface area contributed by atoms with Gasteiger partial charge in [0.1, 0.15) is 11.6 Å². The molecule has 34 heavy (non-hydrogen) atoms. The maximum atomic E-state index is 12.2. The first kappa shape index (κ1) is 23.6. The molecule has 1 saturated heterocycles. The molecule has 0 unspecified atom stereocenters. The molecule has 0 saturated carbocycles. The quantitative estimate of drug-likeness (QED) is 0.366. The largest absolute Gasteiger partial charge is 0.497 e. The Kier molecular flexibility index (Phi) is 7.65. The Bertz CT molecular complexity index is 1130. The zero-order valence-corrected chi connectivity index (χ0v) is 19.7. The van der Waals surface area contributed by atoms with Crippen LogP contribution in [-0.2, 0) is 6.42 Å². The predicted octanol–water partition coefficient (Wildman–Crippen LogP) is 2.60. The lowest BCUT2D eigenvalue weighted by atomic mass is 10.1. The number of methoxy groups -OCH3 is 1. The summed E-state index contributed by atoms with van der Waals surface area (Å²) in [5, 5.41) is 14.5. The number of hydrogen-bond acceptors (Lipinski definition) is 9. The van der Waals surface area contributed by atoms with Gasteiger partial charge in [-0.25, -0.2) is 4.98 Å². The summed E-state index contributed by atoms with van der Waals surface area (Å²) in [6.07, 6.45) is 0.669. The van der Waals surface area contributed by atoms with Gasteiger partial charge in [0, 0.05) is 74.9 Å². The van der Waals surface area contributed by atoms with Gasteiger partial charge in [-0.1, -0.05) is 12.1 Å². The van der Waals surface area contributed by atoms with E-state index in [0.717, 1.165) is 55.0 Å². The Hall–Kier alpha value is -3.57. The van der Waals surface area contributed by atoms with Gasteiger partial charge in [-0.05, 0) is 29.8 Å². The summed E-state index contributed by atoms with van der Waals surface area (Å²) < 4.78 is 9.81. The van der Waals surface area contributed by atoms with Crippen molar-refractivity contribution in [2.75, 3.05) is 51.3 Å². The van der Waals surface area contributed by atoms with Crippen LogP contribution in [0.15, 0.2) is 48.5 Å². The Morgan fingerprint density at radius 1 is 1.18 bits per heavy atom. The number of nitrogens with one attached hydrogen (secondary N) is 1. The van der Waals surface area contributed by atoms with Crippen LogP contribution in [0.25, 0.3) is 0 Å². The molecule has 1 amide bonds. The highest BCUT2D eigenvalue weighted by Crippen LogP contribution is 2.21.